The summed E-state index contributed by atoms with van der Waals surface area (Å²) in [4.78, 5) is 15.4. The number of anilines is 2. The Kier molecular flexibility index (Phi) is 4.55. The van der Waals surface area contributed by atoms with Crippen LogP contribution in [-0.2, 0) is 0 Å². The van der Waals surface area contributed by atoms with Crippen molar-refractivity contribution < 1.29 is 0 Å². The Morgan fingerprint density at radius 2 is 2.11 bits per heavy atom. The largest absolute Gasteiger partial charge is 0.358 e. The topological polar surface area (TPSA) is 61.5 Å². The number of rotatable bonds is 5. The fraction of sp³-hybridized carbons (Fsp3) is 0.692. The van der Waals surface area contributed by atoms with Gasteiger partial charge in [-0.25, -0.2) is 9.97 Å². The zero-order valence-electron chi connectivity index (χ0n) is 12.1. The van der Waals surface area contributed by atoms with Gasteiger partial charge >= 0.3 is 0 Å². The lowest BCUT2D eigenvalue weighted by Gasteiger charge is -2.26. The Bertz CT molecular complexity index is 410. The molecule has 1 aliphatic rings. The lowest BCUT2D eigenvalue weighted by molar-refractivity contribution is 0.409. The van der Waals surface area contributed by atoms with E-state index >= 15 is 0 Å². The van der Waals surface area contributed by atoms with E-state index < -0.39 is 0 Å². The predicted octanol–water partition coefficient (Wildman–Crippen LogP) is 0.0118. The molecule has 106 valence electrons. The quantitative estimate of drug-likeness (QED) is 0.808. The van der Waals surface area contributed by atoms with E-state index in [0.717, 1.165) is 31.3 Å². The molecule has 1 saturated heterocycles. The van der Waals surface area contributed by atoms with Crippen LogP contribution in [0.2, 0.25) is 0 Å². The highest BCUT2D eigenvalue weighted by Gasteiger charge is 2.24. The van der Waals surface area contributed by atoms with Gasteiger partial charge in [0.05, 0.1) is 0 Å². The summed E-state index contributed by atoms with van der Waals surface area (Å²) in [5, 5.41) is 0. The first-order valence-corrected chi connectivity index (χ1v) is 6.76. The molecule has 0 amide bonds. The van der Waals surface area contributed by atoms with Gasteiger partial charge in [0.1, 0.15) is 18.0 Å². The number of likely N-dealkylation sites (tertiary alicyclic amines) is 1. The summed E-state index contributed by atoms with van der Waals surface area (Å²) in [7, 11) is 6.27. The minimum atomic E-state index is 0.535. The SMILES string of the molecule is CN1CCC(N(C)c2cc(N(C)CCN)ncn2)C1. The van der Waals surface area contributed by atoms with Gasteiger partial charge in [-0.2, -0.15) is 0 Å². The molecule has 6 heteroatoms. The first kappa shape index (κ1) is 14.0. The monoisotopic (exact) mass is 264 g/mol. The molecule has 2 heterocycles. The summed E-state index contributed by atoms with van der Waals surface area (Å²) in [5.74, 6) is 1.91. The molecule has 6 nitrogen and oxygen atoms in total. The van der Waals surface area contributed by atoms with Crippen LogP contribution in [0.4, 0.5) is 11.6 Å². The van der Waals surface area contributed by atoms with Gasteiger partial charge in [-0.3, -0.25) is 0 Å². The molecule has 1 unspecified atom stereocenters. The molecule has 0 aromatic carbocycles. The minimum absolute atomic E-state index is 0.535. The molecule has 19 heavy (non-hydrogen) atoms. The van der Waals surface area contributed by atoms with E-state index in [9.17, 15) is 0 Å². The third-order valence-electron chi connectivity index (χ3n) is 3.77. The second-order valence-corrected chi connectivity index (χ2v) is 5.26. The van der Waals surface area contributed by atoms with Crippen molar-refractivity contribution >= 4 is 11.6 Å². The molecular formula is C13H24N6. The van der Waals surface area contributed by atoms with Crippen molar-refractivity contribution in [3.63, 3.8) is 0 Å². The first-order valence-electron chi connectivity index (χ1n) is 6.76. The van der Waals surface area contributed by atoms with Crippen molar-refractivity contribution in [1.82, 2.24) is 14.9 Å². The summed E-state index contributed by atoms with van der Waals surface area (Å²) in [6.45, 7) is 3.67. The molecule has 0 aliphatic carbocycles. The van der Waals surface area contributed by atoms with Crippen molar-refractivity contribution in [1.29, 1.82) is 0 Å². The average Bonchev–Trinajstić information content (AvgIpc) is 2.85. The highest BCUT2D eigenvalue weighted by molar-refractivity contribution is 5.50. The summed E-state index contributed by atoms with van der Waals surface area (Å²) in [6, 6.07) is 2.57. The van der Waals surface area contributed by atoms with Crippen LogP contribution in [0.3, 0.4) is 0 Å². The van der Waals surface area contributed by atoms with E-state index in [0.29, 0.717) is 12.6 Å². The van der Waals surface area contributed by atoms with Crippen LogP contribution in [0.15, 0.2) is 12.4 Å². The second-order valence-electron chi connectivity index (χ2n) is 5.26. The molecular weight excluding hydrogens is 240 g/mol. The average molecular weight is 264 g/mol. The summed E-state index contributed by atoms with van der Waals surface area (Å²) in [5.41, 5.74) is 5.58. The molecule has 1 aromatic heterocycles. The second kappa shape index (κ2) is 6.16. The number of hydrogen-bond donors (Lipinski definition) is 1. The number of nitrogens with zero attached hydrogens (tertiary/aromatic N) is 5. The molecule has 0 saturated carbocycles. The Balaban J connectivity index is 2.09. The number of likely N-dealkylation sites (N-methyl/N-ethyl adjacent to an activating group) is 3. The van der Waals surface area contributed by atoms with E-state index in [2.05, 4.69) is 38.8 Å². The van der Waals surface area contributed by atoms with E-state index in [4.69, 9.17) is 5.73 Å². The van der Waals surface area contributed by atoms with Crippen molar-refractivity contribution in [2.45, 2.75) is 12.5 Å². The Labute approximate surface area is 115 Å². The fourth-order valence-electron chi connectivity index (χ4n) is 2.46. The zero-order valence-corrected chi connectivity index (χ0v) is 12.1. The fourth-order valence-corrected chi connectivity index (χ4v) is 2.46. The third-order valence-corrected chi connectivity index (χ3v) is 3.77. The highest BCUT2D eigenvalue weighted by Crippen LogP contribution is 2.21. The predicted molar refractivity (Wildman–Crippen MR) is 78.7 cm³/mol. The molecule has 1 atom stereocenters. The van der Waals surface area contributed by atoms with Gasteiger partial charge in [0.2, 0.25) is 0 Å². The Hall–Kier alpha value is -1.40. The van der Waals surface area contributed by atoms with Crippen molar-refractivity contribution in [2.24, 2.45) is 5.73 Å². The molecule has 2 N–H and O–H groups in total. The van der Waals surface area contributed by atoms with Crippen LogP contribution in [-0.4, -0.2) is 68.2 Å². The lowest BCUT2D eigenvalue weighted by Crippen LogP contribution is -2.34. The molecule has 1 aromatic rings. The van der Waals surface area contributed by atoms with Crippen molar-refractivity contribution in [3.05, 3.63) is 12.4 Å². The molecule has 0 bridgehead atoms. The summed E-state index contributed by atoms with van der Waals surface area (Å²) >= 11 is 0. The van der Waals surface area contributed by atoms with E-state index in [1.54, 1.807) is 6.33 Å². The van der Waals surface area contributed by atoms with Crippen LogP contribution in [0, 0.1) is 0 Å². The molecule has 0 radical (unpaired) electrons. The van der Waals surface area contributed by atoms with Crippen LogP contribution in [0.25, 0.3) is 0 Å². The summed E-state index contributed by atoms with van der Waals surface area (Å²) < 4.78 is 0. The summed E-state index contributed by atoms with van der Waals surface area (Å²) in [6.07, 6.45) is 2.82. The molecule has 1 fully saturated rings. The molecule has 2 rings (SSSR count). The number of hydrogen-bond acceptors (Lipinski definition) is 6. The van der Waals surface area contributed by atoms with Gasteiger partial charge in [-0.15, -0.1) is 0 Å². The number of aromatic nitrogens is 2. The van der Waals surface area contributed by atoms with Gasteiger partial charge in [-0.05, 0) is 20.0 Å². The van der Waals surface area contributed by atoms with Crippen LogP contribution >= 0.6 is 0 Å². The zero-order chi connectivity index (χ0) is 13.8. The van der Waals surface area contributed by atoms with Gasteiger partial charge in [0.15, 0.2) is 0 Å². The van der Waals surface area contributed by atoms with Crippen molar-refractivity contribution in [3.8, 4) is 0 Å². The van der Waals surface area contributed by atoms with Gasteiger partial charge in [0.25, 0.3) is 0 Å². The Morgan fingerprint density at radius 1 is 1.37 bits per heavy atom. The number of nitrogens with two attached hydrogens (primary N) is 1. The smallest absolute Gasteiger partial charge is 0.134 e. The molecule has 1 aliphatic heterocycles. The van der Waals surface area contributed by atoms with E-state index in [-0.39, 0.29) is 0 Å². The minimum Gasteiger partial charge on any atom is -0.358 e. The first-order chi connectivity index (χ1) is 9.11. The molecule has 0 spiro atoms. The van der Waals surface area contributed by atoms with Crippen molar-refractivity contribution in [2.75, 3.05) is 57.1 Å². The van der Waals surface area contributed by atoms with Crippen LogP contribution in [0.5, 0.6) is 0 Å². The maximum atomic E-state index is 5.58. The van der Waals surface area contributed by atoms with E-state index in [1.807, 2.05) is 13.1 Å². The van der Waals surface area contributed by atoms with Crippen LogP contribution in [0.1, 0.15) is 6.42 Å². The normalized spacial score (nSPS) is 19.7. The third kappa shape index (κ3) is 3.33. The Morgan fingerprint density at radius 3 is 2.74 bits per heavy atom. The highest BCUT2D eigenvalue weighted by atomic mass is 15.3. The standard InChI is InChI=1S/C13H24N6/c1-17-6-4-11(9-17)19(3)13-8-12(15-10-16-13)18(2)7-5-14/h8,10-11H,4-7,9,14H2,1-3H3. The van der Waals surface area contributed by atoms with Gasteiger partial charge in [-0.1, -0.05) is 0 Å². The lowest BCUT2D eigenvalue weighted by atomic mass is 10.2. The van der Waals surface area contributed by atoms with E-state index in [1.165, 1.54) is 6.42 Å². The maximum absolute atomic E-state index is 5.58. The maximum Gasteiger partial charge on any atom is 0.134 e. The van der Waals surface area contributed by atoms with Gasteiger partial charge in [0, 0.05) is 45.8 Å². The van der Waals surface area contributed by atoms with Gasteiger partial charge < -0.3 is 20.4 Å². The van der Waals surface area contributed by atoms with Crippen LogP contribution < -0.4 is 15.5 Å².